The molecule has 7 heteroatoms. The number of amides is 3. The number of carbonyl (C=O) groups is 2. The Morgan fingerprint density at radius 3 is 2.66 bits per heavy atom. The number of aliphatic hydroxyl groups excluding tert-OH is 1. The lowest BCUT2D eigenvalue weighted by molar-refractivity contribution is -0.120. The number of rotatable bonds is 8. The fourth-order valence-electron chi connectivity index (χ4n) is 3.48. The second kappa shape index (κ2) is 10.1. The van der Waals surface area contributed by atoms with Crippen LogP contribution in [-0.2, 0) is 11.8 Å². The summed E-state index contributed by atoms with van der Waals surface area (Å²) in [6.07, 6.45) is 7.78. The zero-order valence-corrected chi connectivity index (χ0v) is 16.9. The topological polar surface area (TPSA) is 87.5 Å². The average Bonchev–Trinajstić information content (AvgIpc) is 3.03. The molecule has 1 aliphatic heterocycles. The summed E-state index contributed by atoms with van der Waals surface area (Å²) in [5.41, 5.74) is 1.83. The molecule has 1 fully saturated rings. The van der Waals surface area contributed by atoms with Crippen molar-refractivity contribution in [1.82, 2.24) is 15.1 Å². The molecule has 0 bridgehead atoms. The maximum atomic E-state index is 12.1. The summed E-state index contributed by atoms with van der Waals surface area (Å²) in [6, 6.07) is 5.44. The Kier molecular flexibility index (Phi) is 7.25. The molecule has 2 heterocycles. The van der Waals surface area contributed by atoms with E-state index in [2.05, 4.69) is 22.3 Å². The number of unbranched alkanes of at least 4 members (excludes halogenated alkanes) is 6. The van der Waals surface area contributed by atoms with E-state index in [9.17, 15) is 9.59 Å². The van der Waals surface area contributed by atoms with Crippen LogP contribution in [0.3, 0.4) is 0 Å². The lowest BCUT2D eigenvalue weighted by Gasteiger charge is -2.24. The molecule has 0 unspecified atom stereocenters. The van der Waals surface area contributed by atoms with Crippen LogP contribution in [0.4, 0.5) is 10.6 Å². The fourth-order valence-corrected chi connectivity index (χ4v) is 3.48. The number of aryl methyl sites for hydroxylation is 1. The van der Waals surface area contributed by atoms with Crippen LogP contribution in [-0.4, -0.2) is 40.0 Å². The summed E-state index contributed by atoms with van der Waals surface area (Å²) in [7, 11) is 1.84. The molecule has 1 aromatic heterocycles. The molecule has 2 N–H and O–H groups in total. The van der Waals surface area contributed by atoms with Crippen molar-refractivity contribution in [3.63, 3.8) is 0 Å². The van der Waals surface area contributed by atoms with E-state index in [1.165, 1.54) is 24.2 Å². The monoisotopic (exact) mass is 396 g/mol. The molecule has 1 aromatic carbocycles. The number of hydrogen-bond acceptors (Lipinski definition) is 4. The van der Waals surface area contributed by atoms with Gasteiger partial charge >= 0.3 is 6.03 Å². The zero-order chi connectivity index (χ0) is 20.6. The minimum Gasteiger partial charge on any atom is -0.396 e. The predicted octanol–water partition coefficient (Wildman–Crippen LogP) is 3.09. The molecule has 2 aromatic rings. The number of nitrogens with one attached hydrogen (secondary N) is 1. The standard InChI is InChI=1S/C22H28N4O3/c1-25-19-16-17(10-8-6-4-2-3-5-7-9-15-27)11-12-18(19)21(24-25)26-14-13-20(28)23-22(26)29/h11-12,16,27H,2-7,9,13-15H2,1H3,(H,23,28,29). The summed E-state index contributed by atoms with van der Waals surface area (Å²) in [5.74, 6) is 6.76. The second-order valence-electron chi connectivity index (χ2n) is 7.33. The molecule has 3 amide bonds. The number of aliphatic hydroxyl groups is 1. The maximum Gasteiger partial charge on any atom is 0.329 e. The number of fused-ring (bicyclic) bond motifs is 1. The van der Waals surface area contributed by atoms with Gasteiger partial charge in [-0.25, -0.2) is 4.79 Å². The average molecular weight is 396 g/mol. The van der Waals surface area contributed by atoms with E-state index in [1.807, 2.05) is 25.2 Å². The quantitative estimate of drug-likeness (QED) is 0.530. The highest BCUT2D eigenvalue weighted by atomic mass is 16.3. The zero-order valence-electron chi connectivity index (χ0n) is 16.9. The number of hydrogen-bond donors (Lipinski definition) is 2. The first-order chi connectivity index (χ1) is 14.1. The van der Waals surface area contributed by atoms with E-state index in [0.29, 0.717) is 19.0 Å². The highest BCUT2D eigenvalue weighted by Crippen LogP contribution is 2.27. The van der Waals surface area contributed by atoms with Crippen molar-refractivity contribution >= 4 is 28.7 Å². The van der Waals surface area contributed by atoms with Gasteiger partial charge in [0.05, 0.1) is 5.52 Å². The summed E-state index contributed by atoms with van der Waals surface area (Å²) in [6.45, 7) is 0.622. The smallest absolute Gasteiger partial charge is 0.329 e. The van der Waals surface area contributed by atoms with Gasteiger partial charge in [-0.15, -0.1) is 0 Å². The molecule has 154 valence electrons. The van der Waals surface area contributed by atoms with Crippen molar-refractivity contribution in [2.45, 2.75) is 51.4 Å². The van der Waals surface area contributed by atoms with Crippen molar-refractivity contribution < 1.29 is 14.7 Å². The number of aromatic nitrogens is 2. The lowest BCUT2D eigenvalue weighted by Crippen LogP contribution is -2.49. The number of benzene rings is 1. The predicted molar refractivity (Wildman–Crippen MR) is 112 cm³/mol. The van der Waals surface area contributed by atoms with Crippen LogP contribution in [0, 0.1) is 11.8 Å². The summed E-state index contributed by atoms with van der Waals surface area (Å²) >= 11 is 0. The molecule has 0 spiro atoms. The van der Waals surface area contributed by atoms with E-state index in [0.717, 1.165) is 42.1 Å². The van der Waals surface area contributed by atoms with Gasteiger partial charge in [0.1, 0.15) is 0 Å². The molecule has 3 rings (SSSR count). The van der Waals surface area contributed by atoms with Crippen molar-refractivity contribution in [2.75, 3.05) is 18.1 Å². The number of anilines is 1. The van der Waals surface area contributed by atoms with Crippen LogP contribution in [0.25, 0.3) is 10.9 Å². The van der Waals surface area contributed by atoms with Crippen molar-refractivity contribution in [2.24, 2.45) is 7.05 Å². The Balaban J connectivity index is 1.61. The summed E-state index contributed by atoms with van der Waals surface area (Å²) in [4.78, 5) is 25.0. The van der Waals surface area contributed by atoms with Crippen LogP contribution in [0.1, 0.15) is 56.9 Å². The summed E-state index contributed by atoms with van der Waals surface area (Å²) < 4.78 is 1.74. The van der Waals surface area contributed by atoms with Crippen molar-refractivity contribution in [3.05, 3.63) is 23.8 Å². The molecule has 29 heavy (non-hydrogen) atoms. The Labute approximate surface area is 171 Å². The van der Waals surface area contributed by atoms with Crippen LogP contribution in [0.15, 0.2) is 18.2 Å². The van der Waals surface area contributed by atoms with Crippen LogP contribution in [0.5, 0.6) is 0 Å². The largest absolute Gasteiger partial charge is 0.396 e. The summed E-state index contributed by atoms with van der Waals surface area (Å²) in [5, 5.41) is 16.5. The van der Waals surface area contributed by atoms with Crippen molar-refractivity contribution in [3.8, 4) is 11.8 Å². The number of carbonyl (C=O) groups excluding carboxylic acids is 2. The van der Waals surface area contributed by atoms with Gasteiger partial charge in [0, 0.05) is 44.0 Å². The van der Waals surface area contributed by atoms with Gasteiger partial charge in [-0.1, -0.05) is 37.5 Å². The molecule has 0 aliphatic carbocycles. The number of nitrogens with zero attached hydrogens (tertiary/aromatic N) is 3. The minimum absolute atomic E-state index is 0.255. The molecular formula is C22H28N4O3. The van der Waals surface area contributed by atoms with E-state index in [-0.39, 0.29) is 12.3 Å². The second-order valence-corrected chi connectivity index (χ2v) is 7.33. The molecule has 1 aliphatic rings. The molecule has 1 saturated heterocycles. The van der Waals surface area contributed by atoms with Gasteiger partial charge in [-0.3, -0.25) is 19.7 Å². The lowest BCUT2D eigenvalue weighted by atomic mass is 10.1. The third kappa shape index (κ3) is 5.36. The van der Waals surface area contributed by atoms with Gasteiger partial charge in [0.25, 0.3) is 0 Å². The molecular weight excluding hydrogens is 368 g/mol. The van der Waals surface area contributed by atoms with E-state index in [4.69, 9.17) is 5.11 Å². The van der Waals surface area contributed by atoms with Crippen molar-refractivity contribution in [1.29, 1.82) is 0 Å². The first-order valence-electron chi connectivity index (χ1n) is 10.3. The Morgan fingerprint density at radius 1 is 1.14 bits per heavy atom. The Hall–Kier alpha value is -2.85. The van der Waals surface area contributed by atoms with E-state index >= 15 is 0 Å². The fraction of sp³-hybridized carbons (Fsp3) is 0.500. The SMILES string of the molecule is Cn1nc(N2CCC(=O)NC2=O)c2ccc(C#CCCCCCCCCO)cc21. The van der Waals surface area contributed by atoms with Gasteiger partial charge in [0.15, 0.2) is 5.82 Å². The van der Waals surface area contributed by atoms with Gasteiger partial charge in [0.2, 0.25) is 5.91 Å². The first-order valence-corrected chi connectivity index (χ1v) is 10.3. The first kappa shape index (κ1) is 20.9. The third-order valence-electron chi connectivity index (χ3n) is 5.08. The Bertz CT molecular complexity index is 939. The van der Waals surface area contributed by atoms with Crippen LogP contribution < -0.4 is 10.2 Å². The maximum absolute atomic E-state index is 12.1. The van der Waals surface area contributed by atoms with E-state index in [1.54, 1.807) is 4.68 Å². The van der Waals surface area contributed by atoms with E-state index < -0.39 is 6.03 Å². The highest BCUT2D eigenvalue weighted by molar-refractivity contribution is 6.08. The number of urea groups is 1. The normalized spacial score (nSPS) is 14.1. The van der Waals surface area contributed by atoms with Crippen LogP contribution in [0.2, 0.25) is 0 Å². The molecule has 7 nitrogen and oxygen atoms in total. The Morgan fingerprint density at radius 2 is 1.90 bits per heavy atom. The molecule has 0 saturated carbocycles. The van der Waals surface area contributed by atoms with Gasteiger partial charge in [-0.2, -0.15) is 5.10 Å². The molecule has 0 atom stereocenters. The van der Waals surface area contributed by atoms with Gasteiger partial charge < -0.3 is 5.11 Å². The molecule has 0 radical (unpaired) electrons. The van der Waals surface area contributed by atoms with Crippen LogP contribution >= 0.6 is 0 Å². The third-order valence-corrected chi connectivity index (χ3v) is 5.08. The highest BCUT2D eigenvalue weighted by Gasteiger charge is 2.27. The number of imide groups is 1. The minimum atomic E-state index is -0.429. The van der Waals surface area contributed by atoms with Gasteiger partial charge in [-0.05, 0) is 31.0 Å².